The van der Waals surface area contributed by atoms with E-state index in [4.69, 9.17) is 4.42 Å². The van der Waals surface area contributed by atoms with Crippen LogP contribution in [0, 0.1) is 10.1 Å². The zero-order chi connectivity index (χ0) is 15.7. The Bertz CT molecular complexity index is 763. The van der Waals surface area contributed by atoms with Gasteiger partial charge in [0, 0.05) is 26.2 Å². The van der Waals surface area contributed by atoms with Gasteiger partial charge in [0.15, 0.2) is 0 Å². The summed E-state index contributed by atoms with van der Waals surface area (Å²) < 4.78 is 5.71. The molecule has 3 rings (SSSR count). The molecule has 0 atom stereocenters. The molecule has 0 bridgehead atoms. The van der Waals surface area contributed by atoms with E-state index < -0.39 is 16.0 Å². The zero-order valence-electron chi connectivity index (χ0n) is 12.3. The van der Waals surface area contributed by atoms with E-state index in [1.165, 1.54) is 0 Å². The van der Waals surface area contributed by atoms with Gasteiger partial charge in [-0.2, -0.15) is 0 Å². The number of piperazine rings is 1. The van der Waals surface area contributed by atoms with Crippen molar-refractivity contribution in [3.05, 3.63) is 44.6 Å². The number of likely N-dealkylation sites (N-methyl/N-ethyl adjacent to an activating group) is 1. The van der Waals surface area contributed by atoms with Crippen LogP contribution >= 0.6 is 0 Å². The van der Waals surface area contributed by atoms with Crippen LogP contribution < -0.4 is 10.3 Å². The highest BCUT2D eigenvalue weighted by molar-refractivity contribution is 5.81. The highest BCUT2D eigenvalue weighted by Gasteiger charge is 2.30. The molecular formula is C15H17N3O4. The summed E-state index contributed by atoms with van der Waals surface area (Å²) in [5.41, 5.74) is -0.672. The molecule has 0 spiro atoms. The molecule has 7 nitrogen and oxygen atoms in total. The Morgan fingerprint density at radius 2 is 1.91 bits per heavy atom. The molecule has 1 aliphatic heterocycles. The number of hydrogen-bond acceptors (Lipinski definition) is 6. The Morgan fingerprint density at radius 3 is 2.55 bits per heavy atom. The van der Waals surface area contributed by atoms with Gasteiger partial charge in [-0.1, -0.05) is 19.1 Å². The molecule has 1 aliphatic rings. The van der Waals surface area contributed by atoms with Crippen molar-refractivity contribution >= 4 is 22.5 Å². The highest BCUT2D eigenvalue weighted by atomic mass is 16.6. The molecule has 2 heterocycles. The summed E-state index contributed by atoms with van der Waals surface area (Å²) >= 11 is 0. The Hall–Kier alpha value is -2.41. The topological polar surface area (TPSA) is 79.8 Å². The van der Waals surface area contributed by atoms with Crippen LogP contribution in [0.1, 0.15) is 6.92 Å². The number of para-hydroxylation sites is 1. The molecule has 1 aromatic heterocycles. The van der Waals surface area contributed by atoms with Crippen molar-refractivity contribution < 1.29 is 9.34 Å². The maximum atomic E-state index is 12.4. The third-order valence-electron chi connectivity index (χ3n) is 4.05. The van der Waals surface area contributed by atoms with E-state index in [-0.39, 0.29) is 11.3 Å². The van der Waals surface area contributed by atoms with Gasteiger partial charge in [0.25, 0.3) is 11.3 Å². The number of nitro groups is 1. The average molecular weight is 303 g/mol. The number of anilines is 1. The first-order valence-electron chi connectivity index (χ1n) is 7.29. The van der Waals surface area contributed by atoms with Crippen LogP contribution in [0.25, 0.3) is 11.0 Å². The summed E-state index contributed by atoms with van der Waals surface area (Å²) in [6.45, 7) is 5.83. The maximum Gasteiger partial charge on any atom is 0.376 e. The molecule has 0 saturated carbocycles. The first kappa shape index (κ1) is 14.5. The summed E-state index contributed by atoms with van der Waals surface area (Å²) in [5, 5.41) is 11.6. The molecule has 1 aromatic carbocycles. The molecule has 1 saturated heterocycles. The van der Waals surface area contributed by atoms with Crippen molar-refractivity contribution in [2.75, 3.05) is 37.6 Å². The lowest BCUT2D eigenvalue weighted by Crippen LogP contribution is -2.46. The number of benzene rings is 1. The second-order valence-electron chi connectivity index (χ2n) is 5.26. The predicted octanol–water partition coefficient (Wildman–Crippen LogP) is 1.84. The predicted molar refractivity (Wildman–Crippen MR) is 83.5 cm³/mol. The van der Waals surface area contributed by atoms with Crippen molar-refractivity contribution in [3.63, 3.8) is 0 Å². The SMILES string of the molecule is CCN1CCN(c2oc3ccccc3c(=O)c2[N+](=O)[O-])CC1. The lowest BCUT2D eigenvalue weighted by molar-refractivity contribution is -0.385. The third kappa shape index (κ3) is 2.43. The Balaban J connectivity index is 2.10. The van der Waals surface area contributed by atoms with Gasteiger partial charge in [0.2, 0.25) is 0 Å². The van der Waals surface area contributed by atoms with Crippen LogP contribution in [0.2, 0.25) is 0 Å². The quantitative estimate of drug-likeness (QED) is 0.636. The van der Waals surface area contributed by atoms with Gasteiger partial charge in [0.1, 0.15) is 5.58 Å². The van der Waals surface area contributed by atoms with E-state index in [9.17, 15) is 14.9 Å². The largest absolute Gasteiger partial charge is 0.434 e. The molecule has 7 heteroatoms. The van der Waals surface area contributed by atoms with Gasteiger partial charge >= 0.3 is 5.69 Å². The Kier molecular flexibility index (Phi) is 3.81. The standard InChI is InChI=1S/C15H17N3O4/c1-2-16-7-9-17(10-8-16)15-13(18(20)21)14(19)11-5-3-4-6-12(11)22-15/h3-6H,2,7-10H2,1H3. The van der Waals surface area contributed by atoms with Gasteiger partial charge in [-0.05, 0) is 18.7 Å². The molecule has 1 fully saturated rings. The number of rotatable bonds is 3. The minimum absolute atomic E-state index is 0.0736. The van der Waals surface area contributed by atoms with Crippen molar-refractivity contribution in [1.82, 2.24) is 4.90 Å². The van der Waals surface area contributed by atoms with Gasteiger partial charge < -0.3 is 14.2 Å². The summed E-state index contributed by atoms with van der Waals surface area (Å²) in [5.74, 6) is 0.0736. The monoisotopic (exact) mass is 303 g/mol. The lowest BCUT2D eigenvalue weighted by Gasteiger charge is -2.33. The second-order valence-corrected chi connectivity index (χ2v) is 5.26. The summed E-state index contributed by atoms with van der Waals surface area (Å²) in [7, 11) is 0. The van der Waals surface area contributed by atoms with Crippen LogP contribution in [-0.2, 0) is 0 Å². The fraction of sp³-hybridized carbons (Fsp3) is 0.400. The molecule has 0 unspecified atom stereocenters. The Morgan fingerprint density at radius 1 is 1.23 bits per heavy atom. The highest BCUT2D eigenvalue weighted by Crippen LogP contribution is 2.29. The lowest BCUT2D eigenvalue weighted by atomic mass is 10.2. The van der Waals surface area contributed by atoms with Gasteiger partial charge in [0.05, 0.1) is 10.3 Å². The Labute approximate surface area is 126 Å². The van der Waals surface area contributed by atoms with Crippen LogP contribution in [-0.4, -0.2) is 42.5 Å². The van der Waals surface area contributed by atoms with Crippen molar-refractivity contribution in [1.29, 1.82) is 0 Å². The summed E-state index contributed by atoms with van der Waals surface area (Å²) in [4.78, 5) is 27.2. The fourth-order valence-corrected chi connectivity index (χ4v) is 2.76. The van der Waals surface area contributed by atoms with Gasteiger partial charge in [-0.3, -0.25) is 14.9 Å². The molecule has 2 aromatic rings. The molecule has 0 amide bonds. The van der Waals surface area contributed by atoms with Crippen LogP contribution in [0.5, 0.6) is 0 Å². The van der Waals surface area contributed by atoms with Crippen molar-refractivity contribution in [2.24, 2.45) is 0 Å². The van der Waals surface area contributed by atoms with Crippen LogP contribution in [0.15, 0.2) is 33.5 Å². The van der Waals surface area contributed by atoms with E-state index in [1.54, 1.807) is 29.2 Å². The number of nitrogens with zero attached hydrogens (tertiary/aromatic N) is 3. The van der Waals surface area contributed by atoms with Gasteiger partial charge in [-0.15, -0.1) is 0 Å². The van der Waals surface area contributed by atoms with Crippen LogP contribution in [0.4, 0.5) is 11.6 Å². The molecule has 0 N–H and O–H groups in total. The third-order valence-corrected chi connectivity index (χ3v) is 4.05. The number of hydrogen-bond donors (Lipinski definition) is 0. The average Bonchev–Trinajstić information content (AvgIpc) is 2.54. The normalized spacial score (nSPS) is 16.1. The molecule has 0 aliphatic carbocycles. The molecule has 22 heavy (non-hydrogen) atoms. The molecular weight excluding hydrogens is 286 g/mol. The fourth-order valence-electron chi connectivity index (χ4n) is 2.76. The molecule has 0 radical (unpaired) electrons. The van der Waals surface area contributed by atoms with Gasteiger partial charge in [-0.25, -0.2) is 0 Å². The summed E-state index contributed by atoms with van der Waals surface area (Å²) in [6, 6.07) is 6.62. The van der Waals surface area contributed by atoms with E-state index >= 15 is 0 Å². The van der Waals surface area contributed by atoms with Crippen LogP contribution in [0.3, 0.4) is 0 Å². The first-order valence-corrected chi connectivity index (χ1v) is 7.29. The minimum atomic E-state index is -0.639. The zero-order valence-corrected chi connectivity index (χ0v) is 12.3. The summed E-state index contributed by atoms with van der Waals surface area (Å²) in [6.07, 6.45) is 0. The maximum absolute atomic E-state index is 12.4. The van der Waals surface area contributed by atoms with Crippen molar-refractivity contribution in [2.45, 2.75) is 6.92 Å². The molecule has 116 valence electrons. The minimum Gasteiger partial charge on any atom is -0.434 e. The first-order chi connectivity index (χ1) is 10.6. The second kappa shape index (κ2) is 5.76. The van der Waals surface area contributed by atoms with E-state index in [2.05, 4.69) is 11.8 Å². The van der Waals surface area contributed by atoms with Crippen molar-refractivity contribution in [3.8, 4) is 0 Å². The van der Waals surface area contributed by atoms with E-state index in [1.807, 2.05) is 0 Å². The van der Waals surface area contributed by atoms with E-state index in [0.717, 1.165) is 19.6 Å². The number of fused-ring (bicyclic) bond motifs is 1. The van der Waals surface area contributed by atoms with E-state index in [0.29, 0.717) is 18.7 Å². The smallest absolute Gasteiger partial charge is 0.376 e.